The molecule has 144 valence electrons. The van der Waals surface area contributed by atoms with Crippen molar-refractivity contribution in [1.29, 1.82) is 0 Å². The van der Waals surface area contributed by atoms with E-state index in [0.29, 0.717) is 11.8 Å². The van der Waals surface area contributed by atoms with E-state index in [2.05, 4.69) is 5.32 Å². The van der Waals surface area contributed by atoms with Crippen LogP contribution in [0.2, 0.25) is 0 Å². The lowest BCUT2D eigenvalue weighted by Gasteiger charge is -2.20. The molecule has 2 amide bonds. The van der Waals surface area contributed by atoms with Crippen molar-refractivity contribution in [2.24, 2.45) is 0 Å². The van der Waals surface area contributed by atoms with E-state index in [1.165, 1.54) is 17.0 Å². The van der Waals surface area contributed by atoms with E-state index in [-0.39, 0.29) is 23.6 Å². The second-order valence-electron chi connectivity index (χ2n) is 5.99. The molecular weight excluding hydrogens is 358 g/mol. The molecule has 0 spiro atoms. The third-order valence-electron chi connectivity index (χ3n) is 3.41. The van der Waals surface area contributed by atoms with Crippen molar-refractivity contribution in [2.45, 2.75) is 19.9 Å². The number of hydrogen-bond donors (Lipinski definition) is 1. The van der Waals surface area contributed by atoms with Gasteiger partial charge in [0.1, 0.15) is 11.6 Å². The number of rotatable bonds is 6. The predicted octanol–water partition coefficient (Wildman–Crippen LogP) is 3.50. The first-order valence-electron chi connectivity index (χ1n) is 8.19. The van der Waals surface area contributed by atoms with Crippen LogP contribution in [0, 0.1) is 11.6 Å². The number of benzene rings is 2. The Kier molecular flexibility index (Phi) is 6.70. The number of halogens is 2. The van der Waals surface area contributed by atoms with Gasteiger partial charge in [0, 0.05) is 24.8 Å². The van der Waals surface area contributed by atoms with Gasteiger partial charge in [-0.2, -0.15) is 0 Å². The number of anilines is 1. The number of carbonyl (C=O) groups is 2. The molecule has 0 fully saturated rings. The lowest BCUT2D eigenvalue weighted by Crippen LogP contribution is -2.40. The summed E-state index contributed by atoms with van der Waals surface area (Å²) in [6.45, 7) is 3.17. The van der Waals surface area contributed by atoms with E-state index in [4.69, 9.17) is 9.47 Å². The summed E-state index contributed by atoms with van der Waals surface area (Å²) in [5, 5.41) is 2.76. The normalized spacial score (nSPS) is 10.4. The lowest BCUT2D eigenvalue weighted by atomic mass is 10.3. The van der Waals surface area contributed by atoms with Crippen molar-refractivity contribution in [3.05, 3.63) is 54.1 Å². The number of ether oxygens (including phenoxy) is 2. The molecule has 0 bridgehead atoms. The van der Waals surface area contributed by atoms with Crippen molar-refractivity contribution in [1.82, 2.24) is 5.32 Å². The van der Waals surface area contributed by atoms with Gasteiger partial charge in [-0.1, -0.05) is 0 Å². The monoisotopic (exact) mass is 378 g/mol. The van der Waals surface area contributed by atoms with Crippen LogP contribution >= 0.6 is 0 Å². The van der Waals surface area contributed by atoms with Gasteiger partial charge in [-0.05, 0) is 50.2 Å². The second-order valence-corrected chi connectivity index (χ2v) is 5.99. The molecule has 2 aromatic rings. The van der Waals surface area contributed by atoms with Gasteiger partial charge in [0.05, 0.1) is 0 Å². The van der Waals surface area contributed by atoms with Crippen LogP contribution in [0.3, 0.4) is 0 Å². The van der Waals surface area contributed by atoms with Gasteiger partial charge in [-0.15, -0.1) is 0 Å². The molecule has 2 aromatic carbocycles. The lowest BCUT2D eigenvalue weighted by molar-refractivity contribution is -0.136. The molecular formula is C19H20F2N2O4. The predicted molar refractivity (Wildman–Crippen MR) is 96.0 cm³/mol. The topological polar surface area (TPSA) is 67.9 Å². The zero-order valence-corrected chi connectivity index (χ0v) is 15.2. The SMILES string of the molecule is CC(C)NC(=O)N(C)c1ccc(OC(=O)COc2ccc(F)cc2F)cc1. The fourth-order valence-electron chi connectivity index (χ4n) is 2.09. The summed E-state index contributed by atoms with van der Waals surface area (Å²) in [4.78, 5) is 25.2. The van der Waals surface area contributed by atoms with Crippen LogP contribution in [0.5, 0.6) is 11.5 Å². The number of nitrogens with one attached hydrogen (secondary N) is 1. The van der Waals surface area contributed by atoms with E-state index in [1.54, 1.807) is 19.2 Å². The van der Waals surface area contributed by atoms with Crippen molar-refractivity contribution >= 4 is 17.7 Å². The number of amides is 2. The number of urea groups is 1. The Labute approximate surface area is 155 Å². The largest absolute Gasteiger partial charge is 0.479 e. The van der Waals surface area contributed by atoms with E-state index in [9.17, 15) is 18.4 Å². The van der Waals surface area contributed by atoms with Gasteiger partial charge in [-0.3, -0.25) is 4.90 Å². The summed E-state index contributed by atoms with van der Waals surface area (Å²) in [7, 11) is 1.61. The Morgan fingerprint density at radius 1 is 1.11 bits per heavy atom. The Balaban J connectivity index is 1.90. The molecule has 1 N–H and O–H groups in total. The highest BCUT2D eigenvalue weighted by molar-refractivity contribution is 5.91. The minimum absolute atomic E-state index is 0.00567. The quantitative estimate of drug-likeness (QED) is 0.617. The molecule has 0 aliphatic rings. The number of esters is 1. The van der Waals surface area contributed by atoms with Crippen LogP contribution in [0.15, 0.2) is 42.5 Å². The molecule has 27 heavy (non-hydrogen) atoms. The zero-order valence-electron chi connectivity index (χ0n) is 15.2. The van der Waals surface area contributed by atoms with Gasteiger partial charge in [0.15, 0.2) is 18.2 Å². The van der Waals surface area contributed by atoms with E-state index in [0.717, 1.165) is 12.1 Å². The number of nitrogens with zero attached hydrogens (tertiary/aromatic N) is 1. The average Bonchev–Trinajstić information content (AvgIpc) is 2.60. The minimum Gasteiger partial charge on any atom is -0.479 e. The Morgan fingerprint density at radius 3 is 2.37 bits per heavy atom. The average molecular weight is 378 g/mol. The molecule has 0 aromatic heterocycles. The van der Waals surface area contributed by atoms with Crippen molar-refractivity contribution in [2.75, 3.05) is 18.6 Å². The molecule has 0 aliphatic heterocycles. The Bertz CT molecular complexity index is 810. The van der Waals surface area contributed by atoms with E-state index < -0.39 is 24.2 Å². The molecule has 0 unspecified atom stereocenters. The smallest absolute Gasteiger partial charge is 0.349 e. The van der Waals surface area contributed by atoms with Gasteiger partial charge in [0.2, 0.25) is 0 Å². The van der Waals surface area contributed by atoms with Crippen LogP contribution in [0.25, 0.3) is 0 Å². The van der Waals surface area contributed by atoms with Crippen LogP contribution < -0.4 is 19.7 Å². The summed E-state index contributed by atoms with van der Waals surface area (Å²) >= 11 is 0. The molecule has 2 rings (SSSR count). The first-order chi connectivity index (χ1) is 12.8. The first-order valence-corrected chi connectivity index (χ1v) is 8.19. The molecule has 0 saturated carbocycles. The van der Waals surface area contributed by atoms with Crippen molar-refractivity contribution < 1.29 is 27.8 Å². The maximum atomic E-state index is 13.4. The highest BCUT2D eigenvalue weighted by Crippen LogP contribution is 2.20. The number of carbonyl (C=O) groups excluding carboxylic acids is 2. The summed E-state index contributed by atoms with van der Waals surface area (Å²) in [6, 6.07) is 8.78. The molecule has 6 nitrogen and oxygen atoms in total. The molecule has 0 saturated heterocycles. The van der Waals surface area contributed by atoms with Crippen LogP contribution in [0.1, 0.15) is 13.8 Å². The summed E-state index contributed by atoms with van der Waals surface area (Å²) < 4.78 is 36.3. The zero-order chi connectivity index (χ0) is 20.0. The fourth-order valence-corrected chi connectivity index (χ4v) is 2.09. The number of hydrogen-bond acceptors (Lipinski definition) is 4. The maximum Gasteiger partial charge on any atom is 0.349 e. The minimum atomic E-state index is -0.908. The summed E-state index contributed by atoms with van der Waals surface area (Å²) in [5.74, 6) is -2.41. The van der Waals surface area contributed by atoms with Gasteiger partial charge < -0.3 is 14.8 Å². The summed E-state index contributed by atoms with van der Waals surface area (Å²) in [6.07, 6.45) is 0. The molecule has 8 heteroatoms. The van der Waals surface area contributed by atoms with Gasteiger partial charge in [-0.25, -0.2) is 18.4 Å². The summed E-state index contributed by atoms with van der Waals surface area (Å²) in [5.41, 5.74) is 0.609. The molecule has 0 heterocycles. The standard InChI is InChI=1S/C19H20F2N2O4/c1-12(2)22-19(25)23(3)14-5-7-15(8-6-14)27-18(24)11-26-17-9-4-13(20)10-16(17)21/h4-10,12H,11H2,1-3H3,(H,22,25). The third-order valence-corrected chi connectivity index (χ3v) is 3.41. The van der Waals surface area contributed by atoms with Crippen LogP contribution in [-0.4, -0.2) is 31.7 Å². The second kappa shape index (κ2) is 8.98. The van der Waals surface area contributed by atoms with Gasteiger partial charge >= 0.3 is 12.0 Å². The third kappa shape index (κ3) is 5.95. The van der Waals surface area contributed by atoms with Crippen LogP contribution in [0.4, 0.5) is 19.3 Å². The van der Waals surface area contributed by atoms with Crippen molar-refractivity contribution in [3.63, 3.8) is 0 Å². The van der Waals surface area contributed by atoms with Gasteiger partial charge in [0.25, 0.3) is 0 Å². The molecule has 0 radical (unpaired) electrons. The maximum absolute atomic E-state index is 13.4. The van der Waals surface area contributed by atoms with Crippen LogP contribution in [-0.2, 0) is 4.79 Å². The van der Waals surface area contributed by atoms with E-state index in [1.807, 2.05) is 13.8 Å². The fraction of sp³-hybridized carbons (Fsp3) is 0.263. The highest BCUT2D eigenvalue weighted by atomic mass is 19.1. The molecule has 0 atom stereocenters. The first kappa shape index (κ1) is 20.2. The van der Waals surface area contributed by atoms with Crippen molar-refractivity contribution in [3.8, 4) is 11.5 Å². The van der Waals surface area contributed by atoms with E-state index >= 15 is 0 Å². The Hall–Kier alpha value is -3.16. The highest BCUT2D eigenvalue weighted by Gasteiger charge is 2.13. The molecule has 0 aliphatic carbocycles. The Morgan fingerprint density at radius 2 is 1.78 bits per heavy atom.